The van der Waals surface area contributed by atoms with Gasteiger partial charge in [0.1, 0.15) is 0 Å². The first-order valence-electron chi connectivity index (χ1n) is 4.83. The summed E-state index contributed by atoms with van der Waals surface area (Å²) < 4.78 is 0. The van der Waals surface area contributed by atoms with Crippen molar-refractivity contribution in [2.75, 3.05) is 0 Å². The fraction of sp³-hybridized carbons (Fsp3) is 0.154. The van der Waals surface area contributed by atoms with Crippen LogP contribution in [-0.2, 0) is 6.61 Å². The van der Waals surface area contributed by atoms with E-state index in [4.69, 9.17) is 5.11 Å². The standard InChI is InChI=1S/C13H15NO/c1-3-5-12(6-4-2)13-8-7-11(10-15)9-14-13/h3-9,15H,1,10H2,2H3/b6-4-,12-5+. The molecular weight excluding hydrogens is 186 g/mol. The summed E-state index contributed by atoms with van der Waals surface area (Å²) in [6, 6.07) is 3.75. The van der Waals surface area contributed by atoms with E-state index in [-0.39, 0.29) is 6.61 Å². The van der Waals surface area contributed by atoms with Gasteiger partial charge in [0.2, 0.25) is 0 Å². The highest BCUT2D eigenvalue weighted by molar-refractivity contribution is 5.72. The number of pyridine rings is 1. The van der Waals surface area contributed by atoms with Crippen molar-refractivity contribution in [1.82, 2.24) is 4.98 Å². The number of nitrogens with zero attached hydrogens (tertiary/aromatic N) is 1. The van der Waals surface area contributed by atoms with Crippen molar-refractivity contribution in [2.24, 2.45) is 0 Å². The summed E-state index contributed by atoms with van der Waals surface area (Å²) in [4.78, 5) is 4.26. The summed E-state index contributed by atoms with van der Waals surface area (Å²) in [5, 5.41) is 8.89. The second kappa shape index (κ2) is 5.94. The fourth-order valence-electron chi connectivity index (χ4n) is 1.22. The zero-order chi connectivity index (χ0) is 11.1. The summed E-state index contributed by atoms with van der Waals surface area (Å²) in [6.45, 7) is 5.65. The number of aromatic nitrogens is 1. The van der Waals surface area contributed by atoms with Crippen LogP contribution in [0.25, 0.3) is 5.57 Å². The van der Waals surface area contributed by atoms with E-state index < -0.39 is 0 Å². The zero-order valence-corrected chi connectivity index (χ0v) is 8.85. The van der Waals surface area contributed by atoms with Gasteiger partial charge < -0.3 is 5.11 Å². The maximum atomic E-state index is 8.89. The van der Waals surface area contributed by atoms with E-state index in [0.29, 0.717) is 0 Å². The minimum absolute atomic E-state index is 0.0252. The van der Waals surface area contributed by atoms with Crippen molar-refractivity contribution < 1.29 is 5.11 Å². The highest BCUT2D eigenvalue weighted by Crippen LogP contribution is 2.14. The van der Waals surface area contributed by atoms with Crippen LogP contribution in [0.1, 0.15) is 18.2 Å². The molecule has 0 radical (unpaired) electrons. The maximum Gasteiger partial charge on any atom is 0.0702 e. The Bertz CT molecular complexity index is 374. The summed E-state index contributed by atoms with van der Waals surface area (Å²) >= 11 is 0. The molecule has 1 aromatic rings. The topological polar surface area (TPSA) is 33.1 Å². The highest BCUT2D eigenvalue weighted by atomic mass is 16.3. The Labute approximate surface area is 90.3 Å². The van der Waals surface area contributed by atoms with Crippen LogP contribution in [0, 0.1) is 0 Å². The van der Waals surface area contributed by atoms with Gasteiger partial charge in [-0.1, -0.05) is 36.9 Å². The largest absolute Gasteiger partial charge is 0.392 e. The van der Waals surface area contributed by atoms with Crippen LogP contribution in [-0.4, -0.2) is 10.1 Å². The molecule has 0 amide bonds. The maximum absolute atomic E-state index is 8.89. The van der Waals surface area contributed by atoms with Crippen LogP contribution in [0.5, 0.6) is 0 Å². The van der Waals surface area contributed by atoms with Crippen LogP contribution in [0.4, 0.5) is 0 Å². The molecule has 15 heavy (non-hydrogen) atoms. The van der Waals surface area contributed by atoms with Gasteiger partial charge in [0.15, 0.2) is 0 Å². The van der Waals surface area contributed by atoms with Crippen LogP contribution in [0.3, 0.4) is 0 Å². The molecule has 0 aliphatic heterocycles. The Hall–Kier alpha value is -1.67. The SMILES string of the molecule is C=C/C=C(\C=C/C)c1ccc(CO)cn1. The van der Waals surface area contributed by atoms with Crippen molar-refractivity contribution in [3.05, 3.63) is 60.5 Å². The number of aliphatic hydroxyl groups excluding tert-OH is 1. The molecule has 78 valence electrons. The molecule has 0 aliphatic carbocycles. The minimum Gasteiger partial charge on any atom is -0.392 e. The molecule has 0 saturated heterocycles. The number of rotatable bonds is 4. The van der Waals surface area contributed by atoms with E-state index in [9.17, 15) is 0 Å². The van der Waals surface area contributed by atoms with Gasteiger partial charge in [-0.05, 0) is 24.1 Å². The molecule has 2 nitrogen and oxygen atoms in total. The summed E-state index contributed by atoms with van der Waals surface area (Å²) in [7, 11) is 0. The Morgan fingerprint density at radius 2 is 2.33 bits per heavy atom. The summed E-state index contributed by atoms with van der Waals surface area (Å²) in [6.07, 6.45) is 9.24. The first-order valence-corrected chi connectivity index (χ1v) is 4.83. The summed E-state index contributed by atoms with van der Waals surface area (Å²) in [5.41, 5.74) is 2.71. The van der Waals surface area contributed by atoms with Crippen molar-refractivity contribution in [2.45, 2.75) is 13.5 Å². The molecule has 0 saturated carbocycles. The monoisotopic (exact) mass is 201 g/mol. The van der Waals surface area contributed by atoms with Crippen molar-refractivity contribution in [3.63, 3.8) is 0 Å². The van der Waals surface area contributed by atoms with Gasteiger partial charge in [0.25, 0.3) is 0 Å². The Morgan fingerprint density at radius 3 is 2.80 bits per heavy atom. The third kappa shape index (κ3) is 3.18. The lowest BCUT2D eigenvalue weighted by Crippen LogP contribution is -1.90. The second-order valence-electron chi connectivity index (χ2n) is 3.07. The average molecular weight is 201 g/mol. The number of aliphatic hydroxyl groups is 1. The molecule has 1 rings (SSSR count). The van der Waals surface area contributed by atoms with E-state index in [1.807, 2.05) is 37.3 Å². The third-order valence-electron chi connectivity index (χ3n) is 1.95. The Kier molecular flexibility index (Phi) is 4.51. The molecule has 0 fully saturated rings. The number of allylic oxidation sites excluding steroid dienone is 5. The van der Waals surface area contributed by atoms with Gasteiger partial charge >= 0.3 is 0 Å². The molecule has 2 heteroatoms. The van der Waals surface area contributed by atoms with Crippen LogP contribution >= 0.6 is 0 Å². The predicted octanol–water partition coefficient (Wildman–Crippen LogP) is 2.72. The van der Waals surface area contributed by atoms with E-state index in [1.54, 1.807) is 12.3 Å². The van der Waals surface area contributed by atoms with Gasteiger partial charge in [-0.25, -0.2) is 0 Å². The molecule has 0 unspecified atom stereocenters. The quantitative estimate of drug-likeness (QED) is 0.760. The predicted molar refractivity (Wildman–Crippen MR) is 63.1 cm³/mol. The normalized spacial score (nSPS) is 12.0. The average Bonchev–Trinajstić information content (AvgIpc) is 2.29. The van der Waals surface area contributed by atoms with Gasteiger partial charge in [0.05, 0.1) is 12.3 Å². The minimum atomic E-state index is 0.0252. The smallest absolute Gasteiger partial charge is 0.0702 e. The lowest BCUT2D eigenvalue weighted by atomic mass is 10.1. The van der Waals surface area contributed by atoms with Crippen molar-refractivity contribution in [1.29, 1.82) is 0 Å². The summed E-state index contributed by atoms with van der Waals surface area (Å²) in [5.74, 6) is 0. The van der Waals surface area contributed by atoms with Gasteiger partial charge in [-0.3, -0.25) is 4.98 Å². The first kappa shape index (κ1) is 11.4. The lowest BCUT2D eigenvalue weighted by molar-refractivity contribution is 0.281. The van der Waals surface area contributed by atoms with Crippen LogP contribution in [0.2, 0.25) is 0 Å². The Balaban J connectivity index is 3.02. The first-order chi connectivity index (χ1) is 7.31. The third-order valence-corrected chi connectivity index (χ3v) is 1.95. The fourth-order valence-corrected chi connectivity index (χ4v) is 1.22. The second-order valence-corrected chi connectivity index (χ2v) is 3.07. The molecule has 0 aromatic carbocycles. The van der Waals surface area contributed by atoms with Crippen LogP contribution in [0.15, 0.2) is 49.2 Å². The molecule has 1 N–H and O–H groups in total. The van der Waals surface area contributed by atoms with Crippen LogP contribution < -0.4 is 0 Å². The lowest BCUT2D eigenvalue weighted by Gasteiger charge is -2.01. The van der Waals surface area contributed by atoms with Gasteiger partial charge in [-0.2, -0.15) is 0 Å². The van der Waals surface area contributed by atoms with E-state index >= 15 is 0 Å². The number of hydrogen-bond donors (Lipinski definition) is 1. The van der Waals surface area contributed by atoms with E-state index in [2.05, 4.69) is 11.6 Å². The van der Waals surface area contributed by atoms with Gasteiger partial charge in [0, 0.05) is 6.20 Å². The molecule has 0 spiro atoms. The van der Waals surface area contributed by atoms with E-state index in [1.165, 1.54) is 0 Å². The molecule has 0 aliphatic rings. The molecule has 0 bridgehead atoms. The molecule has 0 atom stereocenters. The Morgan fingerprint density at radius 1 is 1.53 bits per heavy atom. The van der Waals surface area contributed by atoms with E-state index in [0.717, 1.165) is 16.8 Å². The van der Waals surface area contributed by atoms with Crippen molar-refractivity contribution >= 4 is 5.57 Å². The highest BCUT2D eigenvalue weighted by Gasteiger charge is 1.98. The zero-order valence-electron chi connectivity index (χ0n) is 8.85. The molecular formula is C13H15NO. The molecule has 1 heterocycles. The molecule has 1 aromatic heterocycles. The van der Waals surface area contributed by atoms with Crippen molar-refractivity contribution in [3.8, 4) is 0 Å². The number of hydrogen-bond acceptors (Lipinski definition) is 2. The van der Waals surface area contributed by atoms with Gasteiger partial charge in [-0.15, -0.1) is 0 Å².